The van der Waals surface area contributed by atoms with Gasteiger partial charge in [0, 0.05) is 15.9 Å². The number of carbonyl (C=O) groups excluding carboxylic acids is 1. The van der Waals surface area contributed by atoms with Gasteiger partial charge >= 0.3 is 6.18 Å². The van der Waals surface area contributed by atoms with E-state index in [9.17, 15) is 18.0 Å². The van der Waals surface area contributed by atoms with Crippen LogP contribution in [0.5, 0.6) is 5.88 Å². The van der Waals surface area contributed by atoms with Crippen molar-refractivity contribution < 1.29 is 26.8 Å². The zero-order valence-corrected chi connectivity index (χ0v) is 13.4. The van der Waals surface area contributed by atoms with Crippen molar-refractivity contribution in [3.8, 4) is 5.88 Å². The molecule has 2 aromatic rings. The molecule has 1 aliphatic heterocycles. The molecule has 0 saturated heterocycles. The van der Waals surface area contributed by atoms with E-state index in [-0.39, 0.29) is 6.61 Å². The number of pyridine rings is 1. The Bertz CT molecular complexity index is 906. The second-order valence-corrected chi connectivity index (χ2v) is 5.79. The minimum absolute atomic E-state index is 0.0299. The van der Waals surface area contributed by atoms with Crippen molar-refractivity contribution in [1.29, 1.82) is 0 Å². The van der Waals surface area contributed by atoms with Gasteiger partial charge < -0.3 is 10.1 Å². The number of halogens is 4. The zero-order valence-electron chi connectivity index (χ0n) is 15.6. The molecule has 8 heteroatoms. The maximum atomic E-state index is 13.1. The van der Waals surface area contributed by atoms with Crippen LogP contribution in [0.4, 0.5) is 13.2 Å². The number of rotatable bonds is 3. The molecule has 0 radical (unpaired) electrons. The minimum atomic E-state index is -4.78. The predicted octanol–water partition coefficient (Wildman–Crippen LogP) is 4.11. The van der Waals surface area contributed by atoms with Crippen molar-refractivity contribution in [3.63, 3.8) is 0 Å². The summed E-state index contributed by atoms with van der Waals surface area (Å²) in [6, 6.07) is 5.46. The summed E-state index contributed by atoms with van der Waals surface area (Å²) in [5.74, 6) is -2.56. The van der Waals surface area contributed by atoms with E-state index in [0.29, 0.717) is 11.4 Å². The topological polar surface area (TPSA) is 51.2 Å². The third kappa shape index (κ3) is 3.42. The molecule has 1 amide bonds. The van der Waals surface area contributed by atoms with E-state index in [1.807, 2.05) is 0 Å². The summed E-state index contributed by atoms with van der Waals surface area (Å²) in [5, 5.41) is 1.71. The van der Waals surface area contributed by atoms with E-state index in [2.05, 4.69) is 10.3 Å². The average molecular weight is 374 g/mol. The molecule has 3 rings (SSSR count). The van der Waals surface area contributed by atoms with E-state index in [1.54, 1.807) is 12.1 Å². The second kappa shape index (κ2) is 6.55. The van der Waals surface area contributed by atoms with Crippen molar-refractivity contribution >= 4 is 17.5 Å². The van der Waals surface area contributed by atoms with Crippen molar-refractivity contribution in [3.05, 3.63) is 58.2 Å². The number of nitrogens with zero attached hydrogens (tertiary/aromatic N) is 1. The molecule has 0 fully saturated rings. The number of aromatic nitrogens is 1. The first kappa shape index (κ1) is 13.9. The Morgan fingerprint density at radius 1 is 1.44 bits per heavy atom. The quantitative estimate of drug-likeness (QED) is 0.881. The van der Waals surface area contributed by atoms with E-state index in [1.165, 1.54) is 6.20 Å². The number of carbonyl (C=O) groups is 1. The zero-order chi connectivity index (χ0) is 20.7. The first-order valence-electron chi connectivity index (χ1n) is 8.74. The molecule has 1 N–H and O–H groups in total. The average Bonchev–Trinajstić information content (AvgIpc) is 2.97. The summed E-state index contributed by atoms with van der Waals surface area (Å²) in [6.07, 6.45) is -3.29. The van der Waals surface area contributed by atoms with Gasteiger partial charge in [-0.15, -0.1) is 0 Å². The number of hydrogen-bond donors (Lipinski definition) is 1. The van der Waals surface area contributed by atoms with Gasteiger partial charge in [-0.2, -0.15) is 13.2 Å². The lowest BCUT2D eigenvalue weighted by atomic mass is 9.97. The number of alkyl halides is 3. The van der Waals surface area contributed by atoms with Gasteiger partial charge in [-0.3, -0.25) is 4.79 Å². The van der Waals surface area contributed by atoms with Crippen molar-refractivity contribution in [2.75, 3.05) is 6.61 Å². The summed E-state index contributed by atoms with van der Waals surface area (Å²) < 4.78 is 67.8. The molecule has 1 aromatic carbocycles. The second-order valence-electron chi connectivity index (χ2n) is 5.41. The first-order valence-corrected chi connectivity index (χ1v) is 7.61. The summed E-state index contributed by atoms with van der Waals surface area (Å²) in [7, 11) is 0. The molecule has 4 nitrogen and oxygen atoms in total. The summed E-state index contributed by atoms with van der Waals surface area (Å²) in [4.78, 5) is 16.8. The molecule has 1 aromatic heterocycles. The van der Waals surface area contributed by atoms with Crippen LogP contribution in [0.1, 0.15) is 39.6 Å². The first-order chi connectivity index (χ1) is 13.0. The standard InChI is InChI=1S/C17H14ClF3N2O2/c1-9(10-4-2-6-12(14(10)18)17(19,20)21)15(24)23-13-8-25-16-11(13)5-3-7-22-16/h2-7,9,13H,8H2,1H3,(H,23,24)/t9-,13-/m0/s1/i1D3. The molecule has 0 spiro atoms. The Morgan fingerprint density at radius 3 is 2.96 bits per heavy atom. The third-order valence-corrected chi connectivity index (χ3v) is 4.21. The Balaban J connectivity index is 1.96. The van der Waals surface area contributed by atoms with Crippen molar-refractivity contribution in [2.24, 2.45) is 0 Å². The highest BCUT2D eigenvalue weighted by Crippen LogP contribution is 2.38. The maximum Gasteiger partial charge on any atom is 0.417 e. The van der Waals surface area contributed by atoms with E-state index in [4.69, 9.17) is 20.5 Å². The van der Waals surface area contributed by atoms with Gasteiger partial charge in [0.1, 0.15) is 6.61 Å². The van der Waals surface area contributed by atoms with Gasteiger partial charge in [0.25, 0.3) is 0 Å². The lowest BCUT2D eigenvalue weighted by molar-refractivity contribution is -0.137. The normalized spacial score (nSPS) is 19.8. The fourth-order valence-corrected chi connectivity index (χ4v) is 2.89. The number of benzene rings is 1. The van der Waals surface area contributed by atoms with Crippen molar-refractivity contribution in [1.82, 2.24) is 10.3 Å². The van der Waals surface area contributed by atoms with Crippen LogP contribution in [0.2, 0.25) is 5.02 Å². The summed E-state index contributed by atoms with van der Waals surface area (Å²) in [6.45, 7) is -2.89. The highest BCUT2D eigenvalue weighted by molar-refractivity contribution is 6.32. The summed E-state index contributed by atoms with van der Waals surface area (Å²) in [5.41, 5.74) is -1.07. The van der Waals surface area contributed by atoms with Crippen LogP contribution in [-0.4, -0.2) is 17.5 Å². The molecule has 0 unspecified atom stereocenters. The predicted molar refractivity (Wildman–Crippen MR) is 85.5 cm³/mol. The van der Waals surface area contributed by atoms with Gasteiger partial charge in [-0.1, -0.05) is 23.7 Å². The number of fused-ring (bicyclic) bond motifs is 1. The molecule has 0 bridgehead atoms. The monoisotopic (exact) mass is 373 g/mol. The molecule has 25 heavy (non-hydrogen) atoms. The van der Waals surface area contributed by atoms with E-state index >= 15 is 0 Å². The fraction of sp³-hybridized carbons (Fsp3) is 0.294. The fourth-order valence-electron chi connectivity index (χ4n) is 2.55. The van der Waals surface area contributed by atoms with Crippen LogP contribution in [0.25, 0.3) is 0 Å². The van der Waals surface area contributed by atoms with Gasteiger partial charge in [-0.25, -0.2) is 4.98 Å². The molecule has 2 heterocycles. The van der Waals surface area contributed by atoms with Gasteiger partial charge in [0.15, 0.2) is 0 Å². The molecular weight excluding hydrogens is 357 g/mol. The highest BCUT2D eigenvalue weighted by Gasteiger charge is 2.35. The molecule has 0 aliphatic carbocycles. The van der Waals surface area contributed by atoms with Crippen LogP contribution < -0.4 is 10.1 Å². The van der Waals surface area contributed by atoms with Crippen molar-refractivity contribution in [2.45, 2.75) is 25.0 Å². The largest absolute Gasteiger partial charge is 0.475 e. The molecule has 2 atom stereocenters. The maximum absolute atomic E-state index is 13.1. The third-order valence-electron chi connectivity index (χ3n) is 3.79. The van der Waals surface area contributed by atoms with Crippen LogP contribution in [-0.2, 0) is 11.0 Å². The molecule has 1 aliphatic rings. The Hall–Kier alpha value is -2.28. The van der Waals surface area contributed by atoms with Gasteiger partial charge in [-0.05, 0) is 30.6 Å². The van der Waals surface area contributed by atoms with E-state index < -0.39 is 47.0 Å². The minimum Gasteiger partial charge on any atom is -0.475 e. The van der Waals surface area contributed by atoms with Gasteiger partial charge in [0.2, 0.25) is 11.8 Å². The van der Waals surface area contributed by atoms with Crippen LogP contribution >= 0.6 is 11.6 Å². The molecule has 0 saturated carbocycles. The van der Waals surface area contributed by atoms with Crippen LogP contribution in [0.15, 0.2) is 36.5 Å². The Labute approximate surface area is 151 Å². The van der Waals surface area contributed by atoms with Crippen LogP contribution in [0, 0.1) is 0 Å². The molecular formula is C17H14ClF3N2O2. The number of ether oxygens (including phenoxy) is 1. The van der Waals surface area contributed by atoms with E-state index in [0.717, 1.165) is 18.2 Å². The Morgan fingerprint density at radius 2 is 2.24 bits per heavy atom. The van der Waals surface area contributed by atoms with Crippen LogP contribution in [0.3, 0.4) is 0 Å². The molecule has 132 valence electrons. The summed E-state index contributed by atoms with van der Waals surface area (Å²) >= 11 is 5.85. The SMILES string of the molecule is [2H]C([2H])([2H])[C@H](C(=O)N[C@H]1COc2ncccc21)c1cccc(C(F)(F)F)c1Cl. The number of hydrogen-bond acceptors (Lipinski definition) is 3. The number of amides is 1. The highest BCUT2D eigenvalue weighted by atomic mass is 35.5. The Kier molecular flexibility index (Phi) is 3.66. The smallest absolute Gasteiger partial charge is 0.417 e. The lowest BCUT2D eigenvalue weighted by Gasteiger charge is -2.19. The van der Waals surface area contributed by atoms with Gasteiger partial charge in [0.05, 0.1) is 22.5 Å². The number of nitrogens with one attached hydrogen (secondary N) is 1. The lowest BCUT2D eigenvalue weighted by Crippen LogP contribution is -2.33.